The van der Waals surface area contributed by atoms with Crippen LogP contribution in [0.25, 0.3) is 5.65 Å². The minimum absolute atomic E-state index is 0.0651. The van der Waals surface area contributed by atoms with Gasteiger partial charge in [-0.1, -0.05) is 0 Å². The second kappa shape index (κ2) is 7.65. The molecule has 0 aromatic carbocycles. The van der Waals surface area contributed by atoms with E-state index >= 15 is 0 Å². The first-order valence-corrected chi connectivity index (χ1v) is 10.1. The van der Waals surface area contributed by atoms with Crippen molar-refractivity contribution in [3.8, 4) is 5.88 Å². The second-order valence-corrected chi connectivity index (χ2v) is 7.64. The van der Waals surface area contributed by atoms with Gasteiger partial charge in [0.15, 0.2) is 5.65 Å². The Balaban J connectivity index is 1.17. The van der Waals surface area contributed by atoms with Gasteiger partial charge in [0.2, 0.25) is 5.88 Å². The summed E-state index contributed by atoms with van der Waals surface area (Å²) >= 11 is 0. The monoisotopic (exact) mass is 393 g/mol. The van der Waals surface area contributed by atoms with Gasteiger partial charge in [0, 0.05) is 31.4 Å². The third-order valence-electron chi connectivity index (χ3n) is 5.58. The smallest absolute Gasteiger partial charge is 0.253 e. The van der Waals surface area contributed by atoms with E-state index in [1.54, 1.807) is 29.2 Å². The number of hydrogen-bond donors (Lipinski definition) is 1. The van der Waals surface area contributed by atoms with Crippen molar-refractivity contribution < 1.29 is 9.53 Å². The molecule has 29 heavy (non-hydrogen) atoms. The summed E-state index contributed by atoms with van der Waals surface area (Å²) in [5, 5.41) is 15.4. The average molecular weight is 393 g/mol. The lowest BCUT2D eigenvalue weighted by atomic mass is 10.2. The van der Waals surface area contributed by atoms with Gasteiger partial charge >= 0.3 is 0 Å². The number of rotatable bonds is 5. The van der Waals surface area contributed by atoms with E-state index in [1.165, 1.54) is 12.8 Å². The van der Waals surface area contributed by atoms with Crippen LogP contribution in [0.2, 0.25) is 0 Å². The minimum Gasteiger partial charge on any atom is -0.474 e. The number of amides is 1. The van der Waals surface area contributed by atoms with E-state index in [9.17, 15) is 4.79 Å². The molecule has 150 valence electrons. The fourth-order valence-corrected chi connectivity index (χ4v) is 4.00. The highest BCUT2D eigenvalue weighted by molar-refractivity contribution is 5.94. The first kappa shape index (κ1) is 17.8. The molecule has 0 bridgehead atoms. The molecule has 9 heteroatoms. The number of hydrogen-bond acceptors (Lipinski definition) is 7. The van der Waals surface area contributed by atoms with Crippen LogP contribution in [0.5, 0.6) is 5.88 Å². The summed E-state index contributed by atoms with van der Waals surface area (Å²) in [6.45, 7) is 1.54. The van der Waals surface area contributed by atoms with Crippen LogP contribution in [0, 0.1) is 0 Å². The van der Waals surface area contributed by atoms with Crippen molar-refractivity contribution in [1.82, 2.24) is 30.1 Å². The largest absolute Gasteiger partial charge is 0.474 e. The van der Waals surface area contributed by atoms with E-state index in [-0.39, 0.29) is 18.1 Å². The third kappa shape index (κ3) is 3.85. The van der Waals surface area contributed by atoms with E-state index in [4.69, 9.17) is 4.74 Å². The summed E-state index contributed by atoms with van der Waals surface area (Å²) in [6, 6.07) is 7.45. The Hall–Kier alpha value is -3.23. The summed E-state index contributed by atoms with van der Waals surface area (Å²) in [6.07, 6.45) is 8.90. The highest BCUT2D eigenvalue weighted by Gasteiger charge is 2.26. The lowest BCUT2D eigenvalue weighted by Crippen LogP contribution is -2.37. The summed E-state index contributed by atoms with van der Waals surface area (Å²) in [7, 11) is 0. The molecule has 1 saturated heterocycles. The first-order chi connectivity index (χ1) is 14.2. The molecule has 1 aliphatic heterocycles. The molecule has 3 aromatic heterocycles. The Morgan fingerprint density at radius 1 is 1.14 bits per heavy atom. The molecule has 0 spiro atoms. The number of nitrogens with zero attached hydrogens (tertiary/aromatic N) is 6. The maximum Gasteiger partial charge on any atom is 0.253 e. The van der Waals surface area contributed by atoms with Gasteiger partial charge in [0.25, 0.3) is 5.91 Å². The Labute approximate surface area is 168 Å². The van der Waals surface area contributed by atoms with Crippen LogP contribution in [0.1, 0.15) is 42.5 Å². The number of anilines is 1. The topological polar surface area (TPSA) is 97.5 Å². The van der Waals surface area contributed by atoms with Crippen molar-refractivity contribution in [1.29, 1.82) is 0 Å². The predicted octanol–water partition coefficient (Wildman–Crippen LogP) is 1.85. The summed E-state index contributed by atoms with van der Waals surface area (Å²) < 4.78 is 7.52. The fourth-order valence-electron chi connectivity index (χ4n) is 4.00. The lowest BCUT2D eigenvalue weighted by molar-refractivity contribution is 0.0940. The van der Waals surface area contributed by atoms with E-state index in [1.807, 2.05) is 12.1 Å². The molecule has 0 unspecified atom stereocenters. The zero-order valence-corrected chi connectivity index (χ0v) is 16.1. The number of carbonyl (C=O) groups excluding carboxylic acids is 1. The molecule has 2 aliphatic rings. The van der Waals surface area contributed by atoms with Crippen molar-refractivity contribution in [3.05, 3.63) is 42.4 Å². The zero-order chi connectivity index (χ0) is 19.6. The maximum atomic E-state index is 12.6. The van der Waals surface area contributed by atoms with Gasteiger partial charge in [-0.15, -0.1) is 15.3 Å². The molecule has 1 saturated carbocycles. The molecule has 2 fully saturated rings. The van der Waals surface area contributed by atoms with Crippen LogP contribution < -0.4 is 15.0 Å². The summed E-state index contributed by atoms with van der Waals surface area (Å²) in [5.41, 5.74) is 1.26. The average Bonchev–Trinajstić information content (AvgIpc) is 3.50. The summed E-state index contributed by atoms with van der Waals surface area (Å²) in [5.74, 6) is 1.33. The molecule has 3 aromatic rings. The molecule has 4 heterocycles. The number of ether oxygens (including phenoxy) is 1. The zero-order valence-electron chi connectivity index (χ0n) is 16.1. The van der Waals surface area contributed by atoms with Gasteiger partial charge in [0.05, 0.1) is 5.56 Å². The molecule has 1 N–H and O–H groups in total. The highest BCUT2D eigenvalue weighted by atomic mass is 16.5. The van der Waals surface area contributed by atoms with Crippen molar-refractivity contribution in [2.24, 2.45) is 0 Å². The van der Waals surface area contributed by atoms with E-state index in [0.717, 1.165) is 31.6 Å². The second-order valence-electron chi connectivity index (χ2n) is 7.64. The Morgan fingerprint density at radius 3 is 2.86 bits per heavy atom. The predicted molar refractivity (Wildman–Crippen MR) is 106 cm³/mol. The van der Waals surface area contributed by atoms with Crippen molar-refractivity contribution in [3.63, 3.8) is 0 Å². The Kier molecular flexibility index (Phi) is 4.71. The van der Waals surface area contributed by atoms with Gasteiger partial charge in [-0.05, 0) is 50.3 Å². The van der Waals surface area contributed by atoms with Crippen LogP contribution in [-0.4, -0.2) is 55.9 Å². The molecular weight excluding hydrogens is 370 g/mol. The number of nitrogens with one attached hydrogen (secondary N) is 1. The van der Waals surface area contributed by atoms with Gasteiger partial charge < -0.3 is 15.0 Å². The number of fused-ring (bicyclic) bond motifs is 1. The van der Waals surface area contributed by atoms with Crippen molar-refractivity contribution in [2.75, 3.05) is 18.0 Å². The van der Waals surface area contributed by atoms with Gasteiger partial charge in [0.1, 0.15) is 18.2 Å². The third-order valence-corrected chi connectivity index (χ3v) is 5.58. The molecule has 1 aliphatic carbocycles. The normalized spacial score (nSPS) is 19.7. The molecule has 1 amide bonds. The van der Waals surface area contributed by atoms with Crippen molar-refractivity contribution in [2.45, 2.75) is 44.2 Å². The SMILES string of the molecule is O=C(N[C@@H]1CCN(c2ccc3nncn3n2)C1)c1ccc(OC2CCCC2)nc1. The van der Waals surface area contributed by atoms with Crippen LogP contribution in [-0.2, 0) is 0 Å². The molecule has 9 nitrogen and oxygen atoms in total. The van der Waals surface area contributed by atoms with Crippen molar-refractivity contribution >= 4 is 17.4 Å². The summed E-state index contributed by atoms with van der Waals surface area (Å²) in [4.78, 5) is 19.1. The molecule has 5 rings (SSSR count). The van der Waals surface area contributed by atoms with Gasteiger partial charge in [-0.25, -0.2) is 4.98 Å². The Morgan fingerprint density at radius 2 is 2.03 bits per heavy atom. The number of carbonyl (C=O) groups is 1. The number of pyridine rings is 1. The Bertz CT molecular complexity index is 997. The number of aromatic nitrogens is 5. The van der Waals surface area contributed by atoms with Crippen LogP contribution >= 0.6 is 0 Å². The van der Waals surface area contributed by atoms with E-state index < -0.39 is 0 Å². The fraction of sp³-hybridized carbons (Fsp3) is 0.450. The molecular formula is C20H23N7O2. The maximum absolute atomic E-state index is 12.6. The van der Waals surface area contributed by atoms with Crippen LogP contribution in [0.4, 0.5) is 5.82 Å². The van der Waals surface area contributed by atoms with E-state index in [0.29, 0.717) is 23.6 Å². The lowest BCUT2D eigenvalue weighted by Gasteiger charge is -2.18. The molecule has 0 radical (unpaired) electrons. The highest BCUT2D eigenvalue weighted by Crippen LogP contribution is 2.23. The van der Waals surface area contributed by atoms with Crippen LogP contribution in [0.3, 0.4) is 0 Å². The van der Waals surface area contributed by atoms with E-state index in [2.05, 4.69) is 30.5 Å². The molecule has 1 atom stereocenters. The van der Waals surface area contributed by atoms with Gasteiger partial charge in [-0.2, -0.15) is 4.52 Å². The van der Waals surface area contributed by atoms with Gasteiger partial charge in [-0.3, -0.25) is 4.79 Å². The standard InChI is InChI=1S/C20H23N7O2/c28-20(14-5-8-19(21-11-14)29-16-3-1-2-4-16)23-15-9-10-26(12-15)18-7-6-17-24-22-13-27(17)25-18/h5-8,11,13,15-16H,1-4,9-10,12H2,(H,23,28)/t15-/m1/s1. The quantitative estimate of drug-likeness (QED) is 0.706. The minimum atomic E-state index is -0.112. The first-order valence-electron chi connectivity index (χ1n) is 10.1. The van der Waals surface area contributed by atoms with Crippen LogP contribution in [0.15, 0.2) is 36.8 Å².